The summed E-state index contributed by atoms with van der Waals surface area (Å²) in [6, 6.07) is 0.714. The third-order valence-corrected chi connectivity index (χ3v) is 7.19. The number of rotatable bonds is 5. The maximum absolute atomic E-state index is 6.05. The highest BCUT2D eigenvalue weighted by atomic mass is 16.5. The SMILES string of the molecule is CC1(C)C2CCC1(C)C(NCCOC1CCCCC1)C2. The highest BCUT2D eigenvalue weighted by Crippen LogP contribution is 2.65. The molecule has 2 heteroatoms. The molecule has 3 atom stereocenters. The van der Waals surface area contributed by atoms with E-state index in [9.17, 15) is 0 Å². The summed E-state index contributed by atoms with van der Waals surface area (Å²) in [6.07, 6.45) is 11.5. The summed E-state index contributed by atoms with van der Waals surface area (Å²) in [5.74, 6) is 0.935. The highest BCUT2D eigenvalue weighted by molar-refractivity contribution is 5.12. The first-order chi connectivity index (χ1) is 9.54. The lowest BCUT2D eigenvalue weighted by Crippen LogP contribution is -2.45. The van der Waals surface area contributed by atoms with Crippen molar-refractivity contribution in [1.82, 2.24) is 5.32 Å². The summed E-state index contributed by atoms with van der Waals surface area (Å²) in [6.45, 7) is 9.44. The Balaban J connectivity index is 1.41. The van der Waals surface area contributed by atoms with Crippen LogP contribution in [-0.2, 0) is 4.74 Å². The first kappa shape index (κ1) is 14.8. The fourth-order valence-electron chi connectivity index (χ4n) is 5.20. The van der Waals surface area contributed by atoms with E-state index < -0.39 is 0 Å². The zero-order valence-corrected chi connectivity index (χ0v) is 13.7. The van der Waals surface area contributed by atoms with Gasteiger partial charge >= 0.3 is 0 Å². The maximum atomic E-state index is 6.05. The average Bonchev–Trinajstić information content (AvgIpc) is 2.78. The molecule has 0 aromatic carbocycles. The van der Waals surface area contributed by atoms with Crippen LogP contribution in [0.15, 0.2) is 0 Å². The number of ether oxygens (including phenoxy) is 1. The Labute approximate surface area is 125 Å². The molecule has 0 aromatic heterocycles. The lowest BCUT2D eigenvalue weighted by Gasteiger charge is -2.39. The van der Waals surface area contributed by atoms with Crippen LogP contribution >= 0.6 is 0 Å². The lowest BCUT2D eigenvalue weighted by molar-refractivity contribution is 0.0260. The van der Waals surface area contributed by atoms with Gasteiger partial charge < -0.3 is 10.1 Å². The molecule has 1 N–H and O–H groups in total. The van der Waals surface area contributed by atoms with E-state index in [-0.39, 0.29) is 0 Å². The first-order valence-electron chi connectivity index (χ1n) is 8.89. The van der Waals surface area contributed by atoms with Crippen molar-refractivity contribution in [2.45, 2.75) is 84.3 Å². The maximum Gasteiger partial charge on any atom is 0.0594 e. The molecule has 0 aliphatic heterocycles. The second-order valence-corrected chi connectivity index (χ2v) is 8.25. The third-order valence-electron chi connectivity index (χ3n) is 7.19. The van der Waals surface area contributed by atoms with Crippen LogP contribution in [0, 0.1) is 16.7 Å². The van der Waals surface area contributed by atoms with Crippen LogP contribution in [0.1, 0.15) is 72.1 Å². The molecule has 3 saturated carbocycles. The van der Waals surface area contributed by atoms with Gasteiger partial charge in [0, 0.05) is 12.6 Å². The molecule has 0 radical (unpaired) electrons. The van der Waals surface area contributed by atoms with E-state index in [0.717, 1.165) is 19.1 Å². The molecule has 3 aliphatic rings. The van der Waals surface area contributed by atoms with Crippen molar-refractivity contribution < 1.29 is 4.74 Å². The van der Waals surface area contributed by atoms with Crippen molar-refractivity contribution >= 4 is 0 Å². The number of nitrogens with one attached hydrogen (secondary N) is 1. The molecule has 20 heavy (non-hydrogen) atoms. The predicted octanol–water partition coefficient (Wildman–Crippen LogP) is 4.14. The second kappa shape index (κ2) is 5.61. The van der Waals surface area contributed by atoms with Gasteiger partial charge in [-0.2, -0.15) is 0 Å². The van der Waals surface area contributed by atoms with E-state index in [1.807, 2.05) is 0 Å². The summed E-state index contributed by atoms with van der Waals surface area (Å²) < 4.78 is 6.05. The fraction of sp³-hybridized carbons (Fsp3) is 1.00. The summed E-state index contributed by atoms with van der Waals surface area (Å²) in [7, 11) is 0. The fourth-order valence-corrected chi connectivity index (χ4v) is 5.20. The van der Waals surface area contributed by atoms with Crippen LogP contribution in [0.4, 0.5) is 0 Å². The van der Waals surface area contributed by atoms with Crippen molar-refractivity contribution in [3.63, 3.8) is 0 Å². The van der Waals surface area contributed by atoms with Crippen LogP contribution in [0.2, 0.25) is 0 Å². The average molecular weight is 279 g/mol. The molecule has 2 bridgehead atoms. The Morgan fingerprint density at radius 1 is 1.05 bits per heavy atom. The van der Waals surface area contributed by atoms with E-state index in [0.29, 0.717) is 23.0 Å². The Hall–Kier alpha value is -0.0800. The van der Waals surface area contributed by atoms with Crippen molar-refractivity contribution in [2.24, 2.45) is 16.7 Å². The number of fused-ring (bicyclic) bond motifs is 2. The normalized spacial score (nSPS) is 40.4. The Kier molecular flexibility index (Phi) is 4.16. The van der Waals surface area contributed by atoms with Crippen LogP contribution in [0.25, 0.3) is 0 Å². The van der Waals surface area contributed by atoms with Gasteiger partial charge in [0.05, 0.1) is 12.7 Å². The number of hydrogen-bond acceptors (Lipinski definition) is 2. The minimum atomic E-state index is 0.502. The molecule has 3 aliphatic carbocycles. The molecule has 0 spiro atoms. The molecular weight excluding hydrogens is 246 g/mol. The van der Waals surface area contributed by atoms with Gasteiger partial charge in [0.2, 0.25) is 0 Å². The van der Waals surface area contributed by atoms with E-state index in [1.165, 1.54) is 51.4 Å². The highest BCUT2D eigenvalue weighted by Gasteiger charge is 2.60. The van der Waals surface area contributed by atoms with Crippen molar-refractivity contribution in [3.8, 4) is 0 Å². The molecule has 0 heterocycles. The van der Waals surface area contributed by atoms with E-state index >= 15 is 0 Å². The summed E-state index contributed by atoms with van der Waals surface area (Å²) in [5.41, 5.74) is 1.03. The largest absolute Gasteiger partial charge is 0.377 e. The van der Waals surface area contributed by atoms with Gasteiger partial charge in [-0.1, -0.05) is 40.0 Å². The van der Waals surface area contributed by atoms with Crippen LogP contribution in [0.5, 0.6) is 0 Å². The van der Waals surface area contributed by atoms with Gasteiger partial charge in [0.1, 0.15) is 0 Å². The Morgan fingerprint density at radius 2 is 1.80 bits per heavy atom. The van der Waals surface area contributed by atoms with Crippen molar-refractivity contribution in [3.05, 3.63) is 0 Å². The minimum absolute atomic E-state index is 0.502. The molecule has 3 fully saturated rings. The van der Waals surface area contributed by atoms with Crippen LogP contribution < -0.4 is 5.32 Å². The topological polar surface area (TPSA) is 21.3 Å². The second-order valence-electron chi connectivity index (χ2n) is 8.25. The number of hydrogen-bond donors (Lipinski definition) is 1. The summed E-state index contributed by atoms with van der Waals surface area (Å²) >= 11 is 0. The molecule has 2 nitrogen and oxygen atoms in total. The van der Waals surface area contributed by atoms with Gasteiger partial charge in [-0.05, 0) is 48.9 Å². The standard InChI is InChI=1S/C18H33NO/c1-17(2)14-9-10-18(17,3)16(13-14)19-11-12-20-15-7-5-4-6-8-15/h14-16,19H,4-13H2,1-3H3. The molecule has 0 aromatic rings. The zero-order chi connectivity index (χ0) is 14.2. The molecular formula is C18H33NO. The summed E-state index contributed by atoms with van der Waals surface area (Å²) in [5, 5.41) is 3.82. The quantitative estimate of drug-likeness (QED) is 0.764. The molecule has 116 valence electrons. The van der Waals surface area contributed by atoms with Gasteiger partial charge in [0.25, 0.3) is 0 Å². The Morgan fingerprint density at radius 3 is 2.40 bits per heavy atom. The van der Waals surface area contributed by atoms with Crippen LogP contribution in [-0.4, -0.2) is 25.3 Å². The molecule has 3 unspecified atom stereocenters. The zero-order valence-electron chi connectivity index (χ0n) is 13.7. The first-order valence-corrected chi connectivity index (χ1v) is 8.89. The minimum Gasteiger partial charge on any atom is -0.377 e. The molecule has 3 rings (SSSR count). The van der Waals surface area contributed by atoms with E-state index in [2.05, 4.69) is 26.1 Å². The molecule has 0 amide bonds. The van der Waals surface area contributed by atoms with Gasteiger partial charge in [-0.3, -0.25) is 0 Å². The van der Waals surface area contributed by atoms with Crippen molar-refractivity contribution in [1.29, 1.82) is 0 Å². The van der Waals surface area contributed by atoms with Crippen LogP contribution in [0.3, 0.4) is 0 Å². The molecule has 0 saturated heterocycles. The Bertz CT molecular complexity index is 334. The smallest absolute Gasteiger partial charge is 0.0594 e. The third kappa shape index (κ3) is 2.43. The van der Waals surface area contributed by atoms with Crippen molar-refractivity contribution in [2.75, 3.05) is 13.2 Å². The van der Waals surface area contributed by atoms with Gasteiger partial charge in [0.15, 0.2) is 0 Å². The lowest BCUT2D eigenvalue weighted by atomic mass is 9.69. The van der Waals surface area contributed by atoms with Gasteiger partial charge in [-0.25, -0.2) is 0 Å². The predicted molar refractivity (Wildman–Crippen MR) is 83.8 cm³/mol. The van der Waals surface area contributed by atoms with E-state index in [1.54, 1.807) is 0 Å². The monoisotopic (exact) mass is 279 g/mol. The van der Waals surface area contributed by atoms with E-state index in [4.69, 9.17) is 4.74 Å². The van der Waals surface area contributed by atoms with Gasteiger partial charge in [-0.15, -0.1) is 0 Å². The summed E-state index contributed by atoms with van der Waals surface area (Å²) in [4.78, 5) is 0.